The highest BCUT2D eigenvalue weighted by Crippen LogP contribution is 2.32. The second kappa shape index (κ2) is 8.98. The number of hydrazone groups is 1. The van der Waals surface area contributed by atoms with E-state index in [-0.39, 0.29) is 6.10 Å². The van der Waals surface area contributed by atoms with Crippen LogP contribution in [0.4, 0.5) is 0 Å². The Balaban J connectivity index is 1.45. The fraction of sp³-hybridized carbons (Fsp3) is 0.167. The summed E-state index contributed by atoms with van der Waals surface area (Å²) in [5.41, 5.74) is 4.63. The lowest BCUT2D eigenvalue weighted by Gasteiger charge is -2.11. The van der Waals surface area contributed by atoms with E-state index in [1.807, 2.05) is 24.3 Å². The molecule has 0 spiro atoms. The van der Waals surface area contributed by atoms with Crippen LogP contribution in [-0.2, 0) is 11.3 Å². The molecule has 1 atom stereocenters. The number of hydrogen-bond acceptors (Lipinski definition) is 4. The van der Waals surface area contributed by atoms with Crippen molar-refractivity contribution in [2.24, 2.45) is 5.10 Å². The first-order valence-electron chi connectivity index (χ1n) is 7.90. The van der Waals surface area contributed by atoms with Crippen molar-refractivity contribution in [2.45, 2.75) is 19.1 Å². The van der Waals surface area contributed by atoms with Gasteiger partial charge in [-0.05, 0) is 48.1 Å². The van der Waals surface area contributed by atoms with Gasteiger partial charge in [0.25, 0.3) is 0 Å². The molecule has 0 fully saturated rings. The van der Waals surface area contributed by atoms with E-state index in [9.17, 15) is 0 Å². The maximum Gasteiger partial charge on any atom is 0.187 e. The summed E-state index contributed by atoms with van der Waals surface area (Å²) in [6, 6.07) is 9.15. The van der Waals surface area contributed by atoms with Gasteiger partial charge in [0.2, 0.25) is 0 Å². The Morgan fingerprint density at radius 1 is 1.38 bits per heavy atom. The van der Waals surface area contributed by atoms with Crippen LogP contribution in [0.5, 0.6) is 0 Å². The molecule has 5 nitrogen and oxygen atoms in total. The van der Waals surface area contributed by atoms with Crippen molar-refractivity contribution in [3.63, 3.8) is 0 Å². The van der Waals surface area contributed by atoms with Crippen LogP contribution < -0.4 is 10.7 Å². The number of nitrogens with zero attached hydrogens (tertiary/aromatic N) is 2. The van der Waals surface area contributed by atoms with Gasteiger partial charge >= 0.3 is 0 Å². The fourth-order valence-corrected chi connectivity index (χ4v) is 2.97. The molecule has 0 radical (unpaired) electrons. The predicted molar refractivity (Wildman–Crippen MR) is 109 cm³/mol. The monoisotopic (exact) mass is 406 g/mol. The van der Waals surface area contributed by atoms with Crippen LogP contribution in [0.15, 0.2) is 53.9 Å². The summed E-state index contributed by atoms with van der Waals surface area (Å²) >= 11 is 17.3. The molecule has 2 N–H and O–H groups in total. The second-order valence-corrected chi connectivity index (χ2v) is 6.77. The Bertz CT molecular complexity index is 842. The summed E-state index contributed by atoms with van der Waals surface area (Å²) in [7, 11) is 0. The van der Waals surface area contributed by atoms with Crippen molar-refractivity contribution in [1.29, 1.82) is 0 Å². The van der Waals surface area contributed by atoms with Gasteiger partial charge in [0, 0.05) is 35.9 Å². The smallest absolute Gasteiger partial charge is 0.187 e. The van der Waals surface area contributed by atoms with E-state index < -0.39 is 0 Å². The number of nitrogens with one attached hydrogen (secondary N) is 2. The molecule has 2 aromatic rings. The zero-order valence-corrected chi connectivity index (χ0v) is 16.0. The number of thiocarbonyl (C=S) groups is 1. The lowest BCUT2D eigenvalue weighted by molar-refractivity contribution is 0.258. The van der Waals surface area contributed by atoms with Crippen molar-refractivity contribution in [2.75, 3.05) is 0 Å². The van der Waals surface area contributed by atoms with Gasteiger partial charge in [-0.1, -0.05) is 29.3 Å². The molecule has 26 heavy (non-hydrogen) atoms. The van der Waals surface area contributed by atoms with E-state index >= 15 is 0 Å². The Hall–Kier alpha value is -2.15. The van der Waals surface area contributed by atoms with Gasteiger partial charge in [-0.2, -0.15) is 5.10 Å². The average molecular weight is 407 g/mol. The number of halogens is 2. The third kappa shape index (κ3) is 5.17. The highest BCUT2D eigenvalue weighted by atomic mass is 35.5. The molecule has 2 heterocycles. The third-order valence-corrected chi connectivity index (χ3v) is 4.38. The Morgan fingerprint density at radius 3 is 3.04 bits per heavy atom. The van der Waals surface area contributed by atoms with Gasteiger partial charge < -0.3 is 10.1 Å². The van der Waals surface area contributed by atoms with Gasteiger partial charge in [-0.3, -0.25) is 10.4 Å². The zero-order chi connectivity index (χ0) is 18.4. The van der Waals surface area contributed by atoms with E-state index in [0.29, 0.717) is 28.1 Å². The SMILES string of the molecule is S=C(NCc1cccnc1)N/N=C/C1CC=C(c2ccc(Cl)cc2Cl)O1. The minimum absolute atomic E-state index is 0.176. The third-order valence-electron chi connectivity index (χ3n) is 3.59. The number of benzene rings is 1. The lowest BCUT2D eigenvalue weighted by Crippen LogP contribution is -2.32. The molecule has 3 rings (SSSR count). The fourth-order valence-electron chi connectivity index (χ4n) is 2.34. The highest BCUT2D eigenvalue weighted by molar-refractivity contribution is 7.80. The van der Waals surface area contributed by atoms with Gasteiger partial charge in [0.1, 0.15) is 11.9 Å². The van der Waals surface area contributed by atoms with E-state index in [1.54, 1.807) is 30.7 Å². The molecule has 8 heteroatoms. The minimum Gasteiger partial charge on any atom is -0.484 e. The van der Waals surface area contributed by atoms with E-state index in [4.69, 9.17) is 40.2 Å². The summed E-state index contributed by atoms with van der Waals surface area (Å²) < 4.78 is 5.85. The second-order valence-electron chi connectivity index (χ2n) is 5.52. The first kappa shape index (κ1) is 18.6. The molecule has 1 aromatic heterocycles. The predicted octanol–water partition coefficient (Wildman–Crippen LogP) is 4.17. The Kier molecular flexibility index (Phi) is 6.44. The van der Waals surface area contributed by atoms with Crippen LogP contribution in [0.1, 0.15) is 17.5 Å². The molecule has 134 valence electrons. The normalized spacial score (nSPS) is 16.2. The first-order valence-corrected chi connectivity index (χ1v) is 9.06. The van der Waals surface area contributed by atoms with Gasteiger partial charge in [0.15, 0.2) is 5.11 Å². The van der Waals surface area contributed by atoms with Crippen LogP contribution in [0, 0.1) is 0 Å². The van der Waals surface area contributed by atoms with E-state index in [2.05, 4.69) is 20.8 Å². The molecule has 1 unspecified atom stereocenters. The maximum atomic E-state index is 6.21. The molecule has 0 saturated carbocycles. The minimum atomic E-state index is -0.176. The van der Waals surface area contributed by atoms with Crippen molar-refractivity contribution in [3.8, 4) is 0 Å². The zero-order valence-electron chi connectivity index (χ0n) is 13.7. The van der Waals surface area contributed by atoms with Gasteiger partial charge in [-0.15, -0.1) is 0 Å². The van der Waals surface area contributed by atoms with Crippen LogP contribution in [0.3, 0.4) is 0 Å². The van der Waals surface area contributed by atoms with Crippen molar-refractivity contribution < 1.29 is 4.74 Å². The molecular formula is C18H16Cl2N4OS. The molecule has 0 bridgehead atoms. The molecule has 0 saturated heterocycles. The molecule has 0 amide bonds. The number of ether oxygens (including phenoxy) is 1. The topological polar surface area (TPSA) is 58.5 Å². The molecule has 1 aliphatic rings. The van der Waals surface area contributed by atoms with Crippen molar-refractivity contribution in [3.05, 3.63) is 70.0 Å². The number of rotatable bonds is 5. The highest BCUT2D eigenvalue weighted by Gasteiger charge is 2.19. The maximum absolute atomic E-state index is 6.21. The van der Waals surface area contributed by atoms with Gasteiger partial charge in [-0.25, -0.2) is 0 Å². The number of aromatic nitrogens is 1. The van der Waals surface area contributed by atoms with E-state index in [1.165, 1.54) is 0 Å². The molecule has 0 aliphatic carbocycles. The first-order chi connectivity index (χ1) is 12.6. The molecular weight excluding hydrogens is 391 g/mol. The van der Waals surface area contributed by atoms with Crippen LogP contribution in [0.25, 0.3) is 5.76 Å². The summed E-state index contributed by atoms with van der Waals surface area (Å²) in [6.45, 7) is 0.579. The molecule has 1 aromatic carbocycles. The quantitative estimate of drug-likeness (QED) is 0.443. The largest absolute Gasteiger partial charge is 0.484 e. The Labute approximate surface area is 167 Å². The summed E-state index contributed by atoms with van der Waals surface area (Å²) in [6.07, 6.45) is 7.68. The average Bonchev–Trinajstić information content (AvgIpc) is 3.09. The van der Waals surface area contributed by atoms with Crippen LogP contribution >= 0.6 is 35.4 Å². The van der Waals surface area contributed by atoms with Crippen molar-refractivity contribution >= 4 is 52.5 Å². The van der Waals surface area contributed by atoms with Gasteiger partial charge in [0.05, 0.1) is 11.2 Å². The number of pyridine rings is 1. The van der Waals surface area contributed by atoms with Crippen molar-refractivity contribution in [1.82, 2.24) is 15.7 Å². The van der Waals surface area contributed by atoms with Crippen LogP contribution in [0.2, 0.25) is 10.0 Å². The summed E-state index contributed by atoms with van der Waals surface area (Å²) in [5, 5.41) is 8.75. The summed E-state index contributed by atoms with van der Waals surface area (Å²) in [4.78, 5) is 4.05. The lowest BCUT2D eigenvalue weighted by atomic mass is 10.2. The molecule has 1 aliphatic heterocycles. The summed E-state index contributed by atoms with van der Waals surface area (Å²) in [5.74, 6) is 0.723. The van der Waals surface area contributed by atoms with Crippen LogP contribution in [-0.4, -0.2) is 22.4 Å². The standard InChI is InChI=1S/C18H16Cl2N4OS/c19-13-3-5-15(16(20)8-13)17-6-4-14(25-17)11-23-24-18(26)22-10-12-2-1-7-21-9-12/h1-3,5-9,11,14H,4,10H2,(H2,22,24,26)/b23-11+. The Morgan fingerprint density at radius 2 is 2.27 bits per heavy atom. The number of hydrogen-bond donors (Lipinski definition) is 2. The van der Waals surface area contributed by atoms with E-state index in [0.717, 1.165) is 16.9 Å².